The molecular weight excluding hydrogens is 200 g/mol. The summed E-state index contributed by atoms with van der Waals surface area (Å²) in [7, 11) is 2.15. The summed E-state index contributed by atoms with van der Waals surface area (Å²) in [5, 5.41) is 3.91. The minimum atomic E-state index is 0.364. The topological polar surface area (TPSA) is 24.5 Å². The third-order valence-electron chi connectivity index (χ3n) is 3.06. The van der Waals surface area contributed by atoms with Crippen LogP contribution in [0.15, 0.2) is 0 Å². The first-order valence-corrected chi connectivity index (χ1v) is 5.85. The fourth-order valence-electron chi connectivity index (χ4n) is 2.00. The Morgan fingerprint density at radius 2 is 2.29 bits per heavy atom. The van der Waals surface area contributed by atoms with Gasteiger partial charge < -0.3 is 15.0 Å². The Balaban J connectivity index is 1.60. The first kappa shape index (κ1) is 10.7. The van der Waals surface area contributed by atoms with Gasteiger partial charge in [0.1, 0.15) is 0 Å². The van der Waals surface area contributed by atoms with Gasteiger partial charge in [-0.25, -0.2) is 0 Å². The molecule has 4 heteroatoms. The molecule has 1 aliphatic heterocycles. The largest absolute Gasteiger partial charge is 0.374 e. The van der Waals surface area contributed by atoms with Gasteiger partial charge in [0, 0.05) is 31.1 Å². The number of hydrogen-bond donors (Lipinski definition) is 1. The monoisotopic (exact) mass is 218 g/mol. The lowest BCUT2D eigenvalue weighted by molar-refractivity contribution is -0.0203. The molecule has 2 aliphatic rings. The maximum absolute atomic E-state index is 5.91. The van der Waals surface area contributed by atoms with Crippen molar-refractivity contribution in [2.75, 3.05) is 33.3 Å². The summed E-state index contributed by atoms with van der Waals surface area (Å²) in [4.78, 5) is 2.32. The van der Waals surface area contributed by atoms with E-state index in [2.05, 4.69) is 17.3 Å². The van der Waals surface area contributed by atoms with E-state index in [0.717, 1.165) is 39.1 Å². The Bertz CT molecular complexity index is 185. The van der Waals surface area contributed by atoms with Crippen LogP contribution in [0.25, 0.3) is 0 Å². The summed E-state index contributed by atoms with van der Waals surface area (Å²) in [5.41, 5.74) is 0. The fourth-order valence-corrected chi connectivity index (χ4v) is 2.43. The number of alkyl halides is 1. The van der Waals surface area contributed by atoms with E-state index in [1.807, 2.05) is 0 Å². The van der Waals surface area contributed by atoms with Gasteiger partial charge in [0.25, 0.3) is 0 Å². The third-order valence-corrected chi connectivity index (χ3v) is 3.41. The number of morpholine rings is 1. The first-order chi connectivity index (χ1) is 6.74. The molecule has 1 saturated carbocycles. The van der Waals surface area contributed by atoms with Crippen molar-refractivity contribution >= 4 is 11.6 Å². The van der Waals surface area contributed by atoms with E-state index in [1.54, 1.807) is 0 Å². The molecule has 1 heterocycles. The Morgan fingerprint density at radius 1 is 1.50 bits per heavy atom. The third kappa shape index (κ3) is 2.83. The van der Waals surface area contributed by atoms with Gasteiger partial charge in [0.2, 0.25) is 0 Å². The number of rotatable bonds is 3. The van der Waals surface area contributed by atoms with Crippen molar-refractivity contribution in [1.29, 1.82) is 0 Å². The van der Waals surface area contributed by atoms with Crippen molar-refractivity contribution < 1.29 is 4.74 Å². The minimum Gasteiger partial charge on any atom is -0.374 e. The van der Waals surface area contributed by atoms with Crippen LogP contribution < -0.4 is 5.32 Å². The zero-order valence-electron chi connectivity index (χ0n) is 8.71. The molecule has 1 unspecified atom stereocenters. The smallest absolute Gasteiger partial charge is 0.0826 e. The van der Waals surface area contributed by atoms with E-state index in [-0.39, 0.29) is 0 Å². The molecule has 0 spiro atoms. The number of hydrogen-bond acceptors (Lipinski definition) is 3. The zero-order valence-corrected chi connectivity index (χ0v) is 9.46. The zero-order chi connectivity index (χ0) is 9.97. The summed E-state index contributed by atoms with van der Waals surface area (Å²) >= 11 is 5.91. The van der Waals surface area contributed by atoms with E-state index in [4.69, 9.17) is 16.3 Å². The SMILES string of the molecule is CN1CCOC(CNC2CC(Cl)C2)C1. The summed E-state index contributed by atoms with van der Waals surface area (Å²) in [6.45, 7) is 3.94. The van der Waals surface area contributed by atoms with Gasteiger partial charge in [-0.2, -0.15) is 0 Å². The molecule has 0 aromatic heterocycles. The maximum atomic E-state index is 5.91. The van der Waals surface area contributed by atoms with Crippen molar-refractivity contribution in [2.24, 2.45) is 0 Å². The Morgan fingerprint density at radius 3 is 2.93 bits per heavy atom. The molecule has 1 N–H and O–H groups in total. The van der Waals surface area contributed by atoms with Crippen LogP contribution in [-0.4, -0.2) is 55.7 Å². The second kappa shape index (κ2) is 4.79. The van der Waals surface area contributed by atoms with E-state index >= 15 is 0 Å². The molecule has 1 aliphatic carbocycles. The van der Waals surface area contributed by atoms with Gasteiger partial charge in [-0.1, -0.05) is 0 Å². The number of halogens is 1. The predicted octanol–water partition coefficient (Wildman–Crippen LogP) is 0.676. The van der Waals surface area contributed by atoms with Gasteiger partial charge in [0.05, 0.1) is 12.7 Å². The quantitative estimate of drug-likeness (QED) is 0.706. The van der Waals surface area contributed by atoms with E-state index < -0.39 is 0 Å². The molecular formula is C10H19ClN2O. The Hall–Kier alpha value is 0.170. The van der Waals surface area contributed by atoms with Gasteiger partial charge >= 0.3 is 0 Å². The van der Waals surface area contributed by atoms with Crippen molar-refractivity contribution in [3.05, 3.63) is 0 Å². The lowest BCUT2D eigenvalue weighted by Crippen LogP contribution is -2.50. The molecule has 0 radical (unpaired) electrons. The van der Waals surface area contributed by atoms with Crippen molar-refractivity contribution in [1.82, 2.24) is 10.2 Å². The summed E-state index contributed by atoms with van der Waals surface area (Å²) in [5.74, 6) is 0. The lowest BCUT2D eigenvalue weighted by atomic mass is 9.92. The lowest BCUT2D eigenvalue weighted by Gasteiger charge is -2.35. The number of nitrogens with zero attached hydrogens (tertiary/aromatic N) is 1. The van der Waals surface area contributed by atoms with Gasteiger partial charge in [-0.05, 0) is 19.9 Å². The molecule has 0 aromatic carbocycles. The normalized spacial score (nSPS) is 39.4. The van der Waals surface area contributed by atoms with Crippen LogP contribution in [0.1, 0.15) is 12.8 Å². The molecule has 2 rings (SSSR count). The van der Waals surface area contributed by atoms with Gasteiger partial charge in [-0.3, -0.25) is 0 Å². The van der Waals surface area contributed by atoms with E-state index in [1.165, 1.54) is 0 Å². The molecule has 0 aromatic rings. The highest BCUT2D eigenvalue weighted by molar-refractivity contribution is 6.21. The van der Waals surface area contributed by atoms with Crippen LogP contribution in [0.2, 0.25) is 0 Å². The van der Waals surface area contributed by atoms with Crippen LogP contribution in [0.3, 0.4) is 0 Å². The fraction of sp³-hybridized carbons (Fsp3) is 1.00. The van der Waals surface area contributed by atoms with Gasteiger partial charge in [0.15, 0.2) is 0 Å². The summed E-state index contributed by atoms with van der Waals surface area (Å²) < 4.78 is 5.66. The highest BCUT2D eigenvalue weighted by atomic mass is 35.5. The standard InChI is InChI=1S/C10H19ClN2O/c1-13-2-3-14-10(7-13)6-12-9-4-8(11)5-9/h8-10,12H,2-7H2,1H3. The highest BCUT2D eigenvalue weighted by Crippen LogP contribution is 2.25. The molecule has 0 amide bonds. The number of ether oxygens (including phenoxy) is 1. The van der Waals surface area contributed by atoms with Gasteiger partial charge in [-0.15, -0.1) is 11.6 Å². The molecule has 1 atom stereocenters. The molecule has 1 saturated heterocycles. The van der Waals surface area contributed by atoms with Crippen molar-refractivity contribution in [3.63, 3.8) is 0 Å². The van der Waals surface area contributed by atoms with Crippen molar-refractivity contribution in [3.8, 4) is 0 Å². The average molecular weight is 219 g/mol. The number of nitrogens with one attached hydrogen (secondary N) is 1. The molecule has 14 heavy (non-hydrogen) atoms. The Kier molecular flexibility index (Phi) is 3.66. The summed E-state index contributed by atoms with van der Waals surface area (Å²) in [6, 6.07) is 0.633. The van der Waals surface area contributed by atoms with Crippen LogP contribution >= 0.6 is 11.6 Å². The van der Waals surface area contributed by atoms with Crippen LogP contribution in [0.4, 0.5) is 0 Å². The first-order valence-electron chi connectivity index (χ1n) is 5.41. The Labute approximate surface area is 90.7 Å². The van der Waals surface area contributed by atoms with Crippen LogP contribution in [0.5, 0.6) is 0 Å². The van der Waals surface area contributed by atoms with E-state index in [9.17, 15) is 0 Å². The highest BCUT2D eigenvalue weighted by Gasteiger charge is 2.28. The summed E-state index contributed by atoms with van der Waals surface area (Å²) in [6.07, 6.45) is 2.59. The van der Waals surface area contributed by atoms with E-state index in [0.29, 0.717) is 17.5 Å². The molecule has 2 fully saturated rings. The number of likely N-dealkylation sites (N-methyl/N-ethyl adjacent to an activating group) is 1. The second-order valence-electron chi connectivity index (χ2n) is 4.43. The molecule has 0 bridgehead atoms. The maximum Gasteiger partial charge on any atom is 0.0826 e. The average Bonchev–Trinajstić information content (AvgIpc) is 2.11. The van der Waals surface area contributed by atoms with Crippen molar-refractivity contribution in [2.45, 2.75) is 30.4 Å². The predicted molar refractivity (Wildman–Crippen MR) is 57.9 cm³/mol. The van der Waals surface area contributed by atoms with Crippen LogP contribution in [0, 0.1) is 0 Å². The van der Waals surface area contributed by atoms with Crippen LogP contribution in [-0.2, 0) is 4.74 Å². The minimum absolute atomic E-state index is 0.364. The molecule has 82 valence electrons. The second-order valence-corrected chi connectivity index (χ2v) is 5.05. The molecule has 3 nitrogen and oxygen atoms in total.